The third-order valence-electron chi connectivity index (χ3n) is 3.65. The number of rotatable bonds is 2. The highest BCUT2D eigenvalue weighted by molar-refractivity contribution is 6.61. The Hall–Kier alpha value is -1.51. The first-order chi connectivity index (χ1) is 9.72. The maximum atomic E-state index is 5.85. The van der Waals surface area contributed by atoms with Crippen molar-refractivity contribution in [2.24, 2.45) is 0 Å². The minimum absolute atomic E-state index is 0.249. The molecule has 1 saturated heterocycles. The van der Waals surface area contributed by atoms with Crippen LogP contribution in [-0.2, 0) is 9.31 Å². The second-order valence-electron chi connectivity index (χ2n) is 5.27. The summed E-state index contributed by atoms with van der Waals surface area (Å²) in [5, 5.41) is 0. The van der Waals surface area contributed by atoms with Crippen molar-refractivity contribution in [3.63, 3.8) is 0 Å². The van der Waals surface area contributed by atoms with Gasteiger partial charge in [-0.05, 0) is 17.9 Å². The molecule has 0 aliphatic carbocycles. The van der Waals surface area contributed by atoms with Crippen molar-refractivity contribution in [2.45, 2.75) is 12.8 Å². The van der Waals surface area contributed by atoms with Gasteiger partial charge < -0.3 is 9.31 Å². The lowest BCUT2D eigenvalue weighted by Gasteiger charge is -2.28. The minimum Gasteiger partial charge on any atom is -0.407 e. The van der Waals surface area contributed by atoms with Crippen LogP contribution in [0.4, 0.5) is 0 Å². The van der Waals surface area contributed by atoms with Gasteiger partial charge in [-0.2, -0.15) is 0 Å². The molecule has 0 aromatic heterocycles. The predicted octanol–water partition coefficient (Wildman–Crippen LogP) is 1.31. The molecule has 20 heavy (non-hydrogen) atoms. The highest BCUT2D eigenvalue weighted by Gasteiger charge is 2.29. The highest BCUT2D eigenvalue weighted by Crippen LogP contribution is 2.20. The van der Waals surface area contributed by atoms with E-state index in [4.69, 9.17) is 17.2 Å². The van der Waals surface area contributed by atoms with Crippen LogP contribution in [0.15, 0.2) is 48.5 Å². The molecule has 0 amide bonds. The quantitative estimate of drug-likeness (QED) is 0.760. The normalized spacial score (nSPS) is 16.4. The standard InChI is InChI=1S/C16H16B2O2/c1-12-2-8-16(9-3-12)18-19-10-14(11-20-18)13-4-6-15(17)7-5-13/h2-9,14H,10-11H2,1H3. The summed E-state index contributed by atoms with van der Waals surface area (Å²) in [5.74, 6) is 0.275. The van der Waals surface area contributed by atoms with Crippen molar-refractivity contribution in [2.75, 3.05) is 13.2 Å². The zero-order valence-corrected chi connectivity index (χ0v) is 11.6. The van der Waals surface area contributed by atoms with E-state index in [-0.39, 0.29) is 13.0 Å². The largest absolute Gasteiger partial charge is 0.493 e. The fraction of sp³-hybridized carbons (Fsp3) is 0.250. The zero-order chi connectivity index (χ0) is 13.9. The Bertz CT molecular complexity index is 505. The molecule has 0 unspecified atom stereocenters. The smallest absolute Gasteiger partial charge is 0.407 e. The molecule has 0 saturated carbocycles. The molecule has 1 aliphatic rings. The van der Waals surface area contributed by atoms with Crippen LogP contribution in [0, 0.1) is 6.92 Å². The number of aryl methyl sites for hydroxylation is 1. The fourth-order valence-corrected chi connectivity index (χ4v) is 2.38. The van der Waals surface area contributed by atoms with Gasteiger partial charge in [-0.1, -0.05) is 59.6 Å². The summed E-state index contributed by atoms with van der Waals surface area (Å²) in [7, 11) is 5.45. The van der Waals surface area contributed by atoms with Gasteiger partial charge >= 0.3 is 7.12 Å². The molecule has 3 rings (SSSR count). The Morgan fingerprint density at radius 3 is 2.15 bits per heavy atom. The molecule has 98 valence electrons. The number of benzene rings is 2. The number of hydrogen-bond acceptors (Lipinski definition) is 2. The molecule has 2 radical (unpaired) electrons. The third-order valence-corrected chi connectivity index (χ3v) is 3.65. The van der Waals surface area contributed by atoms with Gasteiger partial charge in [0.15, 0.2) is 0 Å². The highest BCUT2D eigenvalue weighted by atomic mass is 16.6. The summed E-state index contributed by atoms with van der Waals surface area (Å²) >= 11 is 0. The lowest BCUT2D eigenvalue weighted by Crippen LogP contribution is -2.43. The van der Waals surface area contributed by atoms with Gasteiger partial charge in [-0.3, -0.25) is 0 Å². The van der Waals surface area contributed by atoms with E-state index in [9.17, 15) is 0 Å². The van der Waals surface area contributed by atoms with Crippen molar-refractivity contribution in [3.8, 4) is 0 Å². The van der Waals surface area contributed by atoms with Crippen molar-refractivity contribution < 1.29 is 9.31 Å². The van der Waals surface area contributed by atoms with Gasteiger partial charge in [0.2, 0.25) is 0 Å². The van der Waals surface area contributed by atoms with E-state index in [1.165, 1.54) is 11.1 Å². The van der Waals surface area contributed by atoms with Gasteiger partial charge in [0.05, 0.1) is 0 Å². The summed E-state index contributed by atoms with van der Waals surface area (Å²) in [6, 6.07) is 16.2. The van der Waals surface area contributed by atoms with Crippen LogP contribution in [0.1, 0.15) is 17.0 Å². The molecule has 4 heteroatoms. The van der Waals surface area contributed by atoms with Crippen molar-refractivity contribution in [3.05, 3.63) is 59.7 Å². The van der Waals surface area contributed by atoms with Gasteiger partial charge in [0.25, 0.3) is 0 Å². The Kier molecular flexibility index (Phi) is 3.95. The average molecular weight is 262 g/mol. The Balaban J connectivity index is 1.64. The first-order valence-corrected chi connectivity index (χ1v) is 6.87. The molecule has 0 bridgehead atoms. The zero-order valence-electron chi connectivity index (χ0n) is 11.6. The molecule has 2 aromatic rings. The van der Waals surface area contributed by atoms with Crippen molar-refractivity contribution in [1.82, 2.24) is 0 Å². The lowest BCUT2D eigenvalue weighted by molar-refractivity contribution is 0.121. The SMILES string of the molecule is [B]c1ccc(C2COB(c3ccc(C)cc3)OC2)cc1. The molecule has 1 aliphatic heterocycles. The van der Waals surface area contributed by atoms with E-state index in [0.29, 0.717) is 13.2 Å². The summed E-state index contributed by atoms with van der Waals surface area (Å²) in [6.45, 7) is 3.41. The van der Waals surface area contributed by atoms with E-state index in [0.717, 1.165) is 10.9 Å². The molecule has 0 atom stereocenters. The van der Waals surface area contributed by atoms with Crippen LogP contribution in [0.2, 0.25) is 0 Å². The van der Waals surface area contributed by atoms with Crippen LogP contribution >= 0.6 is 0 Å². The summed E-state index contributed by atoms with van der Waals surface area (Å²) in [6.07, 6.45) is 0. The summed E-state index contributed by atoms with van der Waals surface area (Å²) in [5.41, 5.74) is 4.31. The van der Waals surface area contributed by atoms with Crippen LogP contribution < -0.4 is 10.9 Å². The van der Waals surface area contributed by atoms with Crippen LogP contribution in [-0.4, -0.2) is 28.2 Å². The molecular weight excluding hydrogens is 246 g/mol. The maximum absolute atomic E-state index is 5.85. The van der Waals surface area contributed by atoms with E-state index >= 15 is 0 Å². The Morgan fingerprint density at radius 1 is 0.950 bits per heavy atom. The molecule has 1 heterocycles. The van der Waals surface area contributed by atoms with Crippen LogP contribution in [0.25, 0.3) is 0 Å². The molecule has 0 N–H and O–H groups in total. The van der Waals surface area contributed by atoms with Crippen molar-refractivity contribution in [1.29, 1.82) is 0 Å². The van der Waals surface area contributed by atoms with E-state index in [2.05, 4.69) is 31.2 Å². The molecule has 0 spiro atoms. The summed E-state index contributed by atoms with van der Waals surface area (Å²) in [4.78, 5) is 0. The monoisotopic (exact) mass is 262 g/mol. The van der Waals surface area contributed by atoms with Crippen molar-refractivity contribution >= 4 is 25.9 Å². The fourth-order valence-electron chi connectivity index (χ4n) is 2.38. The lowest BCUT2D eigenvalue weighted by atomic mass is 9.77. The second kappa shape index (κ2) is 5.86. The second-order valence-corrected chi connectivity index (χ2v) is 5.27. The van der Waals surface area contributed by atoms with E-state index < -0.39 is 0 Å². The predicted molar refractivity (Wildman–Crippen MR) is 83.0 cm³/mol. The molecule has 2 nitrogen and oxygen atoms in total. The van der Waals surface area contributed by atoms with Gasteiger partial charge in [-0.15, -0.1) is 0 Å². The summed E-state index contributed by atoms with van der Waals surface area (Å²) < 4.78 is 11.7. The Labute approximate surface area is 121 Å². The Morgan fingerprint density at radius 2 is 1.55 bits per heavy atom. The van der Waals surface area contributed by atoms with Crippen LogP contribution in [0.5, 0.6) is 0 Å². The molecule has 2 aromatic carbocycles. The van der Waals surface area contributed by atoms with Crippen LogP contribution in [0.3, 0.4) is 0 Å². The third kappa shape index (κ3) is 2.97. The minimum atomic E-state index is -0.249. The van der Waals surface area contributed by atoms with E-state index in [1.54, 1.807) is 0 Å². The average Bonchev–Trinajstić information content (AvgIpc) is 2.49. The first-order valence-electron chi connectivity index (χ1n) is 6.87. The maximum Gasteiger partial charge on any atom is 0.493 e. The van der Waals surface area contributed by atoms with Gasteiger partial charge in [0.1, 0.15) is 7.85 Å². The van der Waals surface area contributed by atoms with E-state index in [1.807, 2.05) is 24.3 Å². The molecular formula is C16H16B2O2. The van der Waals surface area contributed by atoms with Gasteiger partial charge in [0, 0.05) is 19.1 Å². The van der Waals surface area contributed by atoms with Gasteiger partial charge in [-0.25, -0.2) is 0 Å². The first kappa shape index (κ1) is 13.5. The topological polar surface area (TPSA) is 18.5 Å². The number of hydrogen-bond donors (Lipinski definition) is 0. The molecule has 1 fully saturated rings.